The molecule has 26 heavy (non-hydrogen) atoms. The number of benzene rings is 1. The van der Waals surface area contributed by atoms with E-state index >= 15 is 0 Å². The molecular weight excluding hydrogens is 332 g/mol. The number of carbonyl (C=O) groups is 1. The van der Waals surface area contributed by atoms with Gasteiger partial charge in [-0.3, -0.25) is 9.97 Å². The van der Waals surface area contributed by atoms with Gasteiger partial charge in [-0.05, 0) is 35.9 Å². The third kappa shape index (κ3) is 3.41. The van der Waals surface area contributed by atoms with Crippen LogP contribution in [-0.2, 0) is 6.54 Å². The molecule has 3 aromatic rings. The van der Waals surface area contributed by atoms with E-state index in [9.17, 15) is 4.79 Å². The molecular formula is C19H16N4O3. The van der Waals surface area contributed by atoms with Gasteiger partial charge in [-0.1, -0.05) is 6.07 Å². The second-order valence-electron chi connectivity index (χ2n) is 5.63. The van der Waals surface area contributed by atoms with Crippen molar-refractivity contribution in [2.75, 3.05) is 12.1 Å². The van der Waals surface area contributed by atoms with Gasteiger partial charge in [-0.15, -0.1) is 0 Å². The van der Waals surface area contributed by atoms with Gasteiger partial charge in [0.15, 0.2) is 11.5 Å². The number of fused-ring (bicyclic) bond motifs is 1. The molecule has 0 aliphatic carbocycles. The zero-order valence-electron chi connectivity index (χ0n) is 13.8. The lowest BCUT2D eigenvalue weighted by molar-refractivity contribution is 0.174. The Morgan fingerprint density at radius 2 is 1.96 bits per heavy atom. The first-order valence-electron chi connectivity index (χ1n) is 8.08. The Morgan fingerprint density at radius 3 is 2.85 bits per heavy atom. The lowest BCUT2D eigenvalue weighted by Crippen LogP contribution is -2.28. The van der Waals surface area contributed by atoms with Crippen molar-refractivity contribution in [2.45, 2.75) is 6.54 Å². The van der Waals surface area contributed by atoms with Gasteiger partial charge < -0.3 is 20.1 Å². The molecule has 0 unspecified atom stereocenters. The highest BCUT2D eigenvalue weighted by atomic mass is 16.7. The number of rotatable bonds is 4. The predicted molar refractivity (Wildman–Crippen MR) is 95.9 cm³/mol. The third-order valence-corrected chi connectivity index (χ3v) is 3.90. The maximum Gasteiger partial charge on any atom is 0.319 e. The van der Waals surface area contributed by atoms with Gasteiger partial charge in [0.05, 0.1) is 5.69 Å². The minimum Gasteiger partial charge on any atom is -0.454 e. The van der Waals surface area contributed by atoms with E-state index in [1.165, 1.54) is 0 Å². The van der Waals surface area contributed by atoms with E-state index in [0.29, 0.717) is 23.7 Å². The zero-order chi connectivity index (χ0) is 17.8. The lowest BCUT2D eigenvalue weighted by atomic mass is 10.1. The smallest absolute Gasteiger partial charge is 0.319 e. The van der Waals surface area contributed by atoms with Gasteiger partial charge in [0, 0.05) is 42.5 Å². The molecule has 0 atom stereocenters. The summed E-state index contributed by atoms with van der Waals surface area (Å²) in [6.45, 7) is 0.539. The molecule has 2 N–H and O–H groups in total. The molecule has 2 amide bonds. The van der Waals surface area contributed by atoms with Gasteiger partial charge in [-0.25, -0.2) is 4.79 Å². The van der Waals surface area contributed by atoms with E-state index in [1.807, 2.05) is 24.3 Å². The molecule has 7 heteroatoms. The molecule has 0 saturated heterocycles. The van der Waals surface area contributed by atoms with Crippen LogP contribution in [-0.4, -0.2) is 22.8 Å². The number of pyridine rings is 2. The molecule has 0 radical (unpaired) electrons. The monoisotopic (exact) mass is 348 g/mol. The highest BCUT2D eigenvalue weighted by Gasteiger charge is 2.14. The maximum absolute atomic E-state index is 12.2. The standard InChI is InChI=1S/C19H16N4O3/c24-19(23-15-5-6-16-17(9-15)26-12-25-16)22-11-14-4-2-8-21-18(14)13-3-1-7-20-10-13/h1-10H,11-12H2,(H2,22,23,24). The van der Waals surface area contributed by atoms with E-state index in [0.717, 1.165) is 16.8 Å². The number of nitrogens with zero attached hydrogens (tertiary/aromatic N) is 2. The van der Waals surface area contributed by atoms with E-state index < -0.39 is 0 Å². The number of anilines is 1. The highest BCUT2D eigenvalue weighted by Crippen LogP contribution is 2.34. The number of amides is 2. The zero-order valence-corrected chi connectivity index (χ0v) is 13.8. The number of aromatic nitrogens is 2. The fourth-order valence-electron chi connectivity index (χ4n) is 2.67. The number of nitrogens with one attached hydrogen (secondary N) is 2. The predicted octanol–water partition coefficient (Wildman–Crippen LogP) is 3.19. The minimum absolute atomic E-state index is 0.198. The second-order valence-corrected chi connectivity index (χ2v) is 5.63. The SMILES string of the molecule is O=C(NCc1cccnc1-c1cccnc1)Nc1ccc2c(c1)OCO2. The van der Waals surface area contributed by atoms with E-state index in [4.69, 9.17) is 9.47 Å². The first-order valence-corrected chi connectivity index (χ1v) is 8.08. The van der Waals surface area contributed by atoms with Crippen molar-refractivity contribution >= 4 is 11.7 Å². The quantitative estimate of drug-likeness (QED) is 0.756. The summed E-state index contributed by atoms with van der Waals surface area (Å²) in [5, 5.41) is 5.63. The van der Waals surface area contributed by atoms with E-state index in [2.05, 4.69) is 20.6 Å². The van der Waals surface area contributed by atoms with Crippen LogP contribution in [0.2, 0.25) is 0 Å². The van der Waals surface area contributed by atoms with E-state index in [-0.39, 0.29) is 12.8 Å². The van der Waals surface area contributed by atoms with Crippen LogP contribution in [0.5, 0.6) is 11.5 Å². The Bertz CT molecular complexity index is 931. The Labute approximate surface area is 150 Å². The summed E-state index contributed by atoms with van der Waals surface area (Å²) in [5.74, 6) is 1.29. The highest BCUT2D eigenvalue weighted by molar-refractivity contribution is 5.89. The summed E-state index contributed by atoms with van der Waals surface area (Å²) in [7, 11) is 0. The Balaban J connectivity index is 1.42. The topological polar surface area (TPSA) is 85.4 Å². The van der Waals surface area contributed by atoms with Crippen LogP contribution >= 0.6 is 0 Å². The van der Waals surface area contributed by atoms with Gasteiger partial charge >= 0.3 is 6.03 Å². The molecule has 0 fully saturated rings. The fourth-order valence-corrected chi connectivity index (χ4v) is 2.67. The molecule has 0 saturated carbocycles. The van der Waals surface area contributed by atoms with Crippen molar-refractivity contribution in [3.63, 3.8) is 0 Å². The number of carbonyl (C=O) groups excluding carboxylic acids is 1. The van der Waals surface area contributed by atoms with Crippen LogP contribution in [0.3, 0.4) is 0 Å². The summed E-state index contributed by atoms with van der Waals surface area (Å²) in [6, 6.07) is 12.5. The Hall–Kier alpha value is -3.61. The average molecular weight is 348 g/mol. The van der Waals surface area contributed by atoms with Crippen molar-refractivity contribution in [3.05, 3.63) is 66.6 Å². The summed E-state index contributed by atoms with van der Waals surface area (Å²) in [6.07, 6.45) is 5.18. The van der Waals surface area contributed by atoms with Crippen LogP contribution < -0.4 is 20.1 Å². The molecule has 1 aliphatic rings. The maximum atomic E-state index is 12.2. The van der Waals surface area contributed by atoms with Crippen LogP contribution in [0.15, 0.2) is 61.1 Å². The lowest BCUT2D eigenvalue weighted by Gasteiger charge is -2.11. The first kappa shape index (κ1) is 15.9. The Morgan fingerprint density at radius 1 is 1.08 bits per heavy atom. The molecule has 7 nitrogen and oxygen atoms in total. The molecule has 130 valence electrons. The number of ether oxygens (including phenoxy) is 2. The average Bonchev–Trinajstić information content (AvgIpc) is 3.15. The molecule has 3 heterocycles. The van der Waals surface area contributed by atoms with Gasteiger partial charge in [0.2, 0.25) is 6.79 Å². The number of urea groups is 1. The van der Waals surface area contributed by atoms with Crippen molar-refractivity contribution in [3.8, 4) is 22.8 Å². The number of hydrogen-bond acceptors (Lipinski definition) is 5. The normalized spacial score (nSPS) is 11.8. The second kappa shape index (κ2) is 7.10. The summed E-state index contributed by atoms with van der Waals surface area (Å²) in [4.78, 5) is 20.7. The third-order valence-electron chi connectivity index (χ3n) is 3.90. The van der Waals surface area contributed by atoms with Gasteiger partial charge in [0.25, 0.3) is 0 Å². The van der Waals surface area contributed by atoms with Crippen molar-refractivity contribution in [1.29, 1.82) is 0 Å². The summed E-state index contributed by atoms with van der Waals surface area (Å²) < 4.78 is 10.6. The van der Waals surface area contributed by atoms with Crippen molar-refractivity contribution in [1.82, 2.24) is 15.3 Å². The van der Waals surface area contributed by atoms with Crippen LogP contribution in [0, 0.1) is 0 Å². The molecule has 0 bridgehead atoms. The van der Waals surface area contributed by atoms with Gasteiger partial charge in [-0.2, -0.15) is 0 Å². The fraction of sp³-hybridized carbons (Fsp3) is 0.105. The van der Waals surface area contributed by atoms with Gasteiger partial charge in [0.1, 0.15) is 0 Å². The van der Waals surface area contributed by atoms with Crippen LogP contribution in [0.25, 0.3) is 11.3 Å². The van der Waals surface area contributed by atoms with Crippen LogP contribution in [0.4, 0.5) is 10.5 Å². The first-order chi connectivity index (χ1) is 12.8. The van der Waals surface area contributed by atoms with E-state index in [1.54, 1.807) is 36.8 Å². The molecule has 1 aromatic carbocycles. The summed E-state index contributed by atoms with van der Waals surface area (Å²) in [5.41, 5.74) is 3.23. The van der Waals surface area contributed by atoms with Crippen LogP contribution in [0.1, 0.15) is 5.56 Å². The molecule has 4 rings (SSSR count). The largest absolute Gasteiger partial charge is 0.454 e. The Kier molecular flexibility index (Phi) is 4.34. The minimum atomic E-state index is -0.315. The van der Waals surface area contributed by atoms with Crippen molar-refractivity contribution in [2.24, 2.45) is 0 Å². The molecule has 0 spiro atoms. The molecule has 2 aromatic heterocycles. The van der Waals surface area contributed by atoms with Crippen molar-refractivity contribution < 1.29 is 14.3 Å². The molecule has 1 aliphatic heterocycles. The number of hydrogen-bond donors (Lipinski definition) is 2. The summed E-state index contributed by atoms with van der Waals surface area (Å²) >= 11 is 0.